The highest BCUT2D eigenvalue weighted by atomic mass is 32.2. The van der Waals surface area contributed by atoms with Crippen molar-refractivity contribution < 1.29 is 9.26 Å². The Morgan fingerprint density at radius 3 is 3.04 bits per heavy atom. The molecule has 0 radical (unpaired) electrons. The van der Waals surface area contributed by atoms with Crippen LogP contribution in [-0.2, 0) is 18.6 Å². The van der Waals surface area contributed by atoms with Crippen molar-refractivity contribution >= 4 is 33.9 Å². The van der Waals surface area contributed by atoms with E-state index in [4.69, 9.17) is 9.26 Å². The minimum atomic E-state index is 0.745. The molecule has 2 aromatic heterocycles. The fraction of sp³-hybridized carbons (Fsp3) is 0.353. The number of para-hydroxylation sites is 2. The third-order valence-corrected chi connectivity index (χ3v) is 6.10. The van der Waals surface area contributed by atoms with E-state index in [1.807, 2.05) is 24.3 Å². The lowest BCUT2D eigenvalue weighted by Gasteiger charge is -2.08. The number of methoxy groups -OCH3 is 1. The van der Waals surface area contributed by atoms with Crippen LogP contribution in [0, 0.1) is 0 Å². The van der Waals surface area contributed by atoms with Crippen LogP contribution in [0.25, 0.3) is 0 Å². The standard InChI is InChI=1S/C17H18N4O2S2/c1-22-15-9-5-3-7-12(15)18-16-19-20-17(25-16)24-10-13-11-6-2-4-8-14(11)23-21-13/h3,5,7,9H,2,4,6,8,10H2,1H3,(H,18,19). The molecule has 2 heterocycles. The Morgan fingerprint density at radius 2 is 2.12 bits per heavy atom. The molecule has 8 heteroatoms. The summed E-state index contributed by atoms with van der Waals surface area (Å²) in [6, 6.07) is 7.75. The number of nitrogens with one attached hydrogen (secondary N) is 1. The Morgan fingerprint density at radius 1 is 1.24 bits per heavy atom. The molecule has 1 aromatic carbocycles. The van der Waals surface area contributed by atoms with E-state index in [-0.39, 0.29) is 0 Å². The predicted octanol–water partition coefficient (Wildman–Crippen LogP) is 4.45. The predicted molar refractivity (Wildman–Crippen MR) is 98.9 cm³/mol. The highest BCUT2D eigenvalue weighted by Gasteiger charge is 2.19. The highest BCUT2D eigenvalue weighted by molar-refractivity contribution is 8.00. The van der Waals surface area contributed by atoms with Gasteiger partial charge in [-0.15, -0.1) is 10.2 Å². The molecular weight excluding hydrogens is 356 g/mol. The molecule has 0 spiro atoms. The van der Waals surface area contributed by atoms with Crippen LogP contribution in [0.4, 0.5) is 10.8 Å². The number of ether oxygens (including phenoxy) is 1. The second-order valence-electron chi connectivity index (χ2n) is 5.73. The summed E-state index contributed by atoms with van der Waals surface area (Å²) in [5, 5.41) is 16.7. The lowest BCUT2D eigenvalue weighted by molar-refractivity contribution is 0.369. The molecule has 25 heavy (non-hydrogen) atoms. The number of aryl methyl sites for hydroxylation is 1. The van der Waals surface area contributed by atoms with Crippen LogP contribution in [0.2, 0.25) is 0 Å². The summed E-state index contributed by atoms with van der Waals surface area (Å²) in [4.78, 5) is 0. The van der Waals surface area contributed by atoms with Gasteiger partial charge in [-0.25, -0.2) is 0 Å². The van der Waals surface area contributed by atoms with Gasteiger partial charge in [-0.2, -0.15) is 0 Å². The summed E-state index contributed by atoms with van der Waals surface area (Å²) in [6.07, 6.45) is 4.51. The van der Waals surface area contributed by atoms with Crippen molar-refractivity contribution in [2.45, 2.75) is 35.8 Å². The van der Waals surface area contributed by atoms with Gasteiger partial charge in [0.1, 0.15) is 11.5 Å². The van der Waals surface area contributed by atoms with Gasteiger partial charge in [-0.3, -0.25) is 0 Å². The second kappa shape index (κ2) is 7.45. The molecule has 0 unspecified atom stereocenters. The van der Waals surface area contributed by atoms with Gasteiger partial charge >= 0.3 is 0 Å². The molecule has 6 nitrogen and oxygen atoms in total. The van der Waals surface area contributed by atoms with Crippen molar-refractivity contribution in [3.63, 3.8) is 0 Å². The summed E-state index contributed by atoms with van der Waals surface area (Å²) < 4.78 is 11.7. The number of fused-ring (bicyclic) bond motifs is 1. The lowest BCUT2D eigenvalue weighted by Crippen LogP contribution is -2.01. The average molecular weight is 374 g/mol. The number of rotatable bonds is 6. The van der Waals surface area contributed by atoms with Crippen LogP contribution in [0.5, 0.6) is 5.75 Å². The molecular formula is C17H18N4O2S2. The molecule has 1 aliphatic carbocycles. The zero-order valence-corrected chi connectivity index (χ0v) is 15.5. The Hall–Kier alpha value is -2.06. The minimum Gasteiger partial charge on any atom is -0.495 e. The van der Waals surface area contributed by atoms with Gasteiger partial charge < -0.3 is 14.6 Å². The largest absolute Gasteiger partial charge is 0.495 e. The number of benzene rings is 1. The van der Waals surface area contributed by atoms with Crippen molar-refractivity contribution in [3.8, 4) is 5.75 Å². The molecule has 0 bridgehead atoms. The zero-order valence-electron chi connectivity index (χ0n) is 13.8. The Bertz CT molecular complexity index is 862. The van der Waals surface area contributed by atoms with E-state index < -0.39 is 0 Å². The number of hydrogen-bond acceptors (Lipinski definition) is 8. The van der Waals surface area contributed by atoms with E-state index in [0.29, 0.717) is 0 Å². The van der Waals surface area contributed by atoms with Crippen LogP contribution < -0.4 is 10.1 Å². The smallest absolute Gasteiger partial charge is 0.210 e. The first kappa shape index (κ1) is 16.4. The molecule has 3 aromatic rings. The summed E-state index contributed by atoms with van der Waals surface area (Å²) in [5.41, 5.74) is 3.23. The SMILES string of the molecule is COc1ccccc1Nc1nnc(SCc2noc3c2CCCC3)s1. The zero-order chi connectivity index (χ0) is 17.1. The monoisotopic (exact) mass is 374 g/mol. The van der Waals surface area contributed by atoms with Gasteiger partial charge in [0.15, 0.2) is 4.34 Å². The maximum absolute atomic E-state index is 5.46. The summed E-state index contributed by atoms with van der Waals surface area (Å²) in [7, 11) is 1.65. The van der Waals surface area contributed by atoms with Gasteiger partial charge in [0.05, 0.1) is 18.5 Å². The van der Waals surface area contributed by atoms with Crippen molar-refractivity contribution in [2.24, 2.45) is 0 Å². The molecule has 1 aliphatic rings. The number of nitrogens with zero attached hydrogens (tertiary/aromatic N) is 3. The Kier molecular flexibility index (Phi) is 4.89. The van der Waals surface area contributed by atoms with Gasteiger partial charge in [0.25, 0.3) is 0 Å². The topological polar surface area (TPSA) is 73.1 Å². The summed E-state index contributed by atoms with van der Waals surface area (Å²) >= 11 is 3.17. The number of thioether (sulfide) groups is 1. The Balaban J connectivity index is 1.41. The molecule has 0 aliphatic heterocycles. The molecule has 130 valence electrons. The first-order chi connectivity index (χ1) is 12.3. The maximum Gasteiger partial charge on any atom is 0.210 e. The van der Waals surface area contributed by atoms with Gasteiger partial charge in [-0.05, 0) is 31.4 Å². The van der Waals surface area contributed by atoms with Crippen LogP contribution in [0.3, 0.4) is 0 Å². The van der Waals surface area contributed by atoms with Crippen molar-refractivity contribution in [2.75, 3.05) is 12.4 Å². The van der Waals surface area contributed by atoms with Crippen molar-refractivity contribution in [1.29, 1.82) is 0 Å². The molecule has 0 saturated heterocycles. The average Bonchev–Trinajstić information content (AvgIpc) is 3.27. The van der Waals surface area contributed by atoms with Gasteiger partial charge in [-0.1, -0.05) is 40.4 Å². The van der Waals surface area contributed by atoms with Crippen LogP contribution >= 0.6 is 23.1 Å². The second-order valence-corrected chi connectivity index (χ2v) is 7.93. The van der Waals surface area contributed by atoms with Crippen LogP contribution in [-0.4, -0.2) is 22.5 Å². The summed E-state index contributed by atoms with van der Waals surface area (Å²) in [5.74, 6) is 2.61. The number of aromatic nitrogens is 3. The summed E-state index contributed by atoms with van der Waals surface area (Å²) in [6.45, 7) is 0. The van der Waals surface area contributed by atoms with Crippen LogP contribution in [0.15, 0.2) is 33.1 Å². The van der Waals surface area contributed by atoms with E-state index in [9.17, 15) is 0 Å². The Labute approximate surface area is 154 Å². The molecule has 0 fully saturated rings. The molecule has 0 amide bonds. The minimum absolute atomic E-state index is 0.745. The van der Waals surface area contributed by atoms with E-state index in [1.165, 1.54) is 29.7 Å². The maximum atomic E-state index is 5.46. The van der Waals surface area contributed by atoms with Crippen molar-refractivity contribution in [3.05, 3.63) is 41.3 Å². The molecule has 4 rings (SSSR count). The molecule has 0 atom stereocenters. The van der Waals surface area contributed by atoms with Gasteiger partial charge in [0, 0.05) is 17.7 Å². The lowest BCUT2D eigenvalue weighted by atomic mass is 9.97. The quantitative estimate of drug-likeness (QED) is 0.639. The van der Waals surface area contributed by atoms with Crippen molar-refractivity contribution in [1.82, 2.24) is 15.4 Å². The fourth-order valence-electron chi connectivity index (χ4n) is 2.87. The highest BCUT2D eigenvalue weighted by Crippen LogP contribution is 2.34. The fourth-order valence-corrected chi connectivity index (χ4v) is 4.60. The third kappa shape index (κ3) is 3.64. The first-order valence-corrected chi connectivity index (χ1v) is 9.96. The number of hydrogen-bond donors (Lipinski definition) is 1. The molecule has 0 saturated carbocycles. The third-order valence-electron chi connectivity index (χ3n) is 4.12. The number of anilines is 2. The van der Waals surface area contributed by atoms with E-state index >= 15 is 0 Å². The molecule has 1 N–H and O–H groups in total. The van der Waals surface area contributed by atoms with E-state index in [2.05, 4.69) is 20.7 Å². The first-order valence-electron chi connectivity index (χ1n) is 8.16. The van der Waals surface area contributed by atoms with E-state index in [1.54, 1.807) is 18.9 Å². The normalized spacial score (nSPS) is 13.5. The van der Waals surface area contributed by atoms with Gasteiger partial charge in [0.2, 0.25) is 5.13 Å². The van der Waals surface area contributed by atoms with Crippen LogP contribution in [0.1, 0.15) is 29.9 Å². The van der Waals surface area contributed by atoms with E-state index in [0.717, 1.165) is 51.0 Å².